The van der Waals surface area contributed by atoms with E-state index in [0.29, 0.717) is 6.61 Å². The topological polar surface area (TPSA) is 9.23 Å². The van der Waals surface area contributed by atoms with E-state index in [4.69, 9.17) is 4.74 Å². The van der Waals surface area contributed by atoms with Crippen LogP contribution in [0.3, 0.4) is 0 Å². The molecule has 0 fully saturated rings. The maximum Gasteiger partial charge on any atom is 0.126 e. The summed E-state index contributed by atoms with van der Waals surface area (Å²) in [5.41, 5.74) is 6.40. The summed E-state index contributed by atoms with van der Waals surface area (Å²) < 4.78 is 7.26. The Kier molecular flexibility index (Phi) is 8.40. The normalized spacial score (nSPS) is 10.0. The molecule has 0 saturated heterocycles. The first kappa shape index (κ1) is 19.8. The van der Waals surface area contributed by atoms with Gasteiger partial charge in [0.05, 0.1) is 0 Å². The number of hydrogen-bond acceptors (Lipinski definition) is 1. The molecule has 0 unspecified atom stereocenters. The van der Waals surface area contributed by atoms with Crippen molar-refractivity contribution in [3.8, 4) is 5.75 Å². The van der Waals surface area contributed by atoms with E-state index < -0.39 is 0 Å². The summed E-state index contributed by atoms with van der Waals surface area (Å²) in [4.78, 5) is 0. The molecule has 2 heteroatoms. The first-order valence-corrected chi connectivity index (χ1v) is 8.93. The average molecular weight is 377 g/mol. The van der Waals surface area contributed by atoms with E-state index in [9.17, 15) is 0 Å². The third-order valence-electron chi connectivity index (χ3n) is 3.39. The van der Waals surface area contributed by atoms with Crippen LogP contribution in [0.1, 0.15) is 52.7 Å². The summed E-state index contributed by atoms with van der Waals surface area (Å²) in [6, 6.07) is 4.34. The van der Waals surface area contributed by atoms with Gasteiger partial charge in [-0.05, 0) is 83.7 Å². The molecule has 0 spiro atoms. The largest absolute Gasteiger partial charge is 0.489 e. The summed E-state index contributed by atoms with van der Waals surface area (Å²) in [5, 5.41) is 0. The van der Waals surface area contributed by atoms with Gasteiger partial charge in [-0.2, -0.15) is 0 Å². The molecule has 0 N–H and O–H groups in total. The second kappa shape index (κ2) is 9.77. The summed E-state index contributed by atoms with van der Waals surface area (Å²) in [6.45, 7) is 13.3. The van der Waals surface area contributed by atoms with Crippen LogP contribution in [-0.4, -0.2) is 6.61 Å². The number of benzene rings is 1. The molecule has 126 valence electrons. The third-order valence-corrected chi connectivity index (χ3v) is 3.85. The van der Waals surface area contributed by atoms with Crippen LogP contribution in [0.15, 0.2) is 51.6 Å². The van der Waals surface area contributed by atoms with Gasteiger partial charge in [-0.15, -0.1) is 0 Å². The van der Waals surface area contributed by atoms with Crippen molar-refractivity contribution in [3.63, 3.8) is 0 Å². The Hall–Kier alpha value is -1.28. The maximum atomic E-state index is 6.14. The predicted molar refractivity (Wildman–Crippen MR) is 105 cm³/mol. The molecule has 0 aliphatic carbocycles. The van der Waals surface area contributed by atoms with Gasteiger partial charge in [0.1, 0.15) is 12.4 Å². The van der Waals surface area contributed by atoms with Crippen molar-refractivity contribution < 1.29 is 4.74 Å². The predicted octanol–water partition coefficient (Wildman–Crippen LogP) is 6.81. The first-order valence-electron chi connectivity index (χ1n) is 8.13. The second-order valence-electron chi connectivity index (χ2n) is 6.62. The summed E-state index contributed by atoms with van der Waals surface area (Å²) in [6.07, 6.45) is 8.42. The molecule has 1 aromatic carbocycles. The summed E-state index contributed by atoms with van der Waals surface area (Å²) >= 11 is 3.64. The molecule has 1 nitrogen and oxygen atoms in total. The minimum atomic E-state index is 0.619. The number of rotatable bonds is 7. The third kappa shape index (κ3) is 7.69. The molecule has 0 aliphatic rings. The molecule has 1 rings (SSSR count). The van der Waals surface area contributed by atoms with Gasteiger partial charge in [0, 0.05) is 4.47 Å². The monoisotopic (exact) mass is 376 g/mol. The Bertz CT molecular complexity index is 568. The van der Waals surface area contributed by atoms with E-state index in [0.717, 1.165) is 23.1 Å². The van der Waals surface area contributed by atoms with Crippen LogP contribution < -0.4 is 4.74 Å². The highest BCUT2D eigenvalue weighted by atomic mass is 79.9. The highest BCUT2D eigenvalue weighted by molar-refractivity contribution is 9.10. The zero-order chi connectivity index (χ0) is 17.4. The molecule has 0 aliphatic heterocycles. The number of ether oxygens (including phenoxy) is 1. The van der Waals surface area contributed by atoms with Crippen LogP contribution in [0.4, 0.5) is 0 Å². The van der Waals surface area contributed by atoms with E-state index in [1.54, 1.807) is 0 Å². The smallest absolute Gasteiger partial charge is 0.126 e. The van der Waals surface area contributed by atoms with Gasteiger partial charge in [-0.1, -0.05) is 44.8 Å². The minimum Gasteiger partial charge on any atom is -0.489 e. The lowest BCUT2D eigenvalue weighted by Crippen LogP contribution is -2.02. The van der Waals surface area contributed by atoms with Crippen LogP contribution in [0.2, 0.25) is 0 Å². The van der Waals surface area contributed by atoms with Gasteiger partial charge in [-0.25, -0.2) is 0 Å². The van der Waals surface area contributed by atoms with Crippen molar-refractivity contribution in [3.05, 3.63) is 62.7 Å². The molecule has 0 radical (unpaired) electrons. The summed E-state index contributed by atoms with van der Waals surface area (Å²) in [5.74, 6) is 1.03. The number of halogens is 1. The highest BCUT2D eigenvalue weighted by Crippen LogP contribution is 2.30. The van der Waals surface area contributed by atoms with E-state index in [1.807, 2.05) is 0 Å². The number of allylic oxidation sites excluding steroid dienone is 5. The van der Waals surface area contributed by atoms with Crippen LogP contribution in [-0.2, 0) is 12.8 Å². The molecular weight excluding hydrogens is 348 g/mol. The minimum absolute atomic E-state index is 0.619. The molecule has 1 aromatic rings. The van der Waals surface area contributed by atoms with E-state index in [2.05, 4.69) is 87.8 Å². The molecule has 0 saturated carbocycles. The standard InChI is InChI=1S/C21H29BrO/c1-15(2)7-9-18-13-20(22)14-19(10-8-16(3)4)21(18)23-12-11-17(5)6/h7-8,11,13-14H,9-10,12H2,1-6H3. The molecular formula is C21H29BrO. The SMILES string of the molecule is CC(C)=CCOc1c(CC=C(C)C)cc(Br)cc1CC=C(C)C. The first-order chi connectivity index (χ1) is 10.8. The van der Waals surface area contributed by atoms with Gasteiger partial charge in [0.2, 0.25) is 0 Å². The van der Waals surface area contributed by atoms with Gasteiger partial charge in [0.25, 0.3) is 0 Å². The van der Waals surface area contributed by atoms with Crippen LogP contribution >= 0.6 is 15.9 Å². The Labute approximate surface area is 150 Å². The fourth-order valence-corrected chi connectivity index (χ4v) is 2.67. The zero-order valence-electron chi connectivity index (χ0n) is 15.3. The van der Waals surface area contributed by atoms with E-state index in [-0.39, 0.29) is 0 Å². The van der Waals surface area contributed by atoms with Gasteiger partial charge in [-0.3, -0.25) is 0 Å². The van der Waals surface area contributed by atoms with Gasteiger partial charge < -0.3 is 4.74 Å². The quantitative estimate of drug-likeness (QED) is 0.474. The molecule has 0 atom stereocenters. The van der Waals surface area contributed by atoms with Crippen LogP contribution in [0.25, 0.3) is 0 Å². The van der Waals surface area contributed by atoms with Gasteiger partial charge >= 0.3 is 0 Å². The molecule has 0 heterocycles. The lowest BCUT2D eigenvalue weighted by atomic mass is 10.0. The molecule has 23 heavy (non-hydrogen) atoms. The lowest BCUT2D eigenvalue weighted by molar-refractivity contribution is 0.355. The van der Waals surface area contributed by atoms with Crippen molar-refractivity contribution in [1.82, 2.24) is 0 Å². The zero-order valence-corrected chi connectivity index (χ0v) is 16.9. The fourth-order valence-electron chi connectivity index (χ4n) is 2.12. The average Bonchev–Trinajstić information content (AvgIpc) is 2.44. The Morgan fingerprint density at radius 1 is 0.826 bits per heavy atom. The Morgan fingerprint density at radius 3 is 1.65 bits per heavy atom. The molecule has 0 bridgehead atoms. The molecule has 0 amide bonds. The van der Waals surface area contributed by atoms with Gasteiger partial charge in [0.15, 0.2) is 0 Å². The van der Waals surface area contributed by atoms with Crippen LogP contribution in [0.5, 0.6) is 5.75 Å². The highest BCUT2D eigenvalue weighted by Gasteiger charge is 2.10. The van der Waals surface area contributed by atoms with E-state index >= 15 is 0 Å². The van der Waals surface area contributed by atoms with Crippen molar-refractivity contribution in [1.29, 1.82) is 0 Å². The van der Waals surface area contributed by atoms with Crippen LogP contribution in [0, 0.1) is 0 Å². The second-order valence-corrected chi connectivity index (χ2v) is 7.53. The lowest BCUT2D eigenvalue weighted by Gasteiger charge is -2.15. The fraction of sp³-hybridized carbons (Fsp3) is 0.429. The summed E-state index contributed by atoms with van der Waals surface area (Å²) in [7, 11) is 0. The Balaban J connectivity index is 3.21. The molecule has 0 aromatic heterocycles. The maximum absolute atomic E-state index is 6.14. The van der Waals surface area contributed by atoms with Crippen molar-refractivity contribution in [2.75, 3.05) is 6.61 Å². The van der Waals surface area contributed by atoms with Crippen molar-refractivity contribution >= 4 is 15.9 Å². The number of hydrogen-bond donors (Lipinski definition) is 0. The van der Waals surface area contributed by atoms with Crippen molar-refractivity contribution in [2.24, 2.45) is 0 Å². The Morgan fingerprint density at radius 2 is 1.26 bits per heavy atom. The van der Waals surface area contributed by atoms with Crippen molar-refractivity contribution in [2.45, 2.75) is 54.4 Å². The van der Waals surface area contributed by atoms with E-state index in [1.165, 1.54) is 27.8 Å².